The topological polar surface area (TPSA) is 47.6 Å². The lowest BCUT2D eigenvalue weighted by Crippen LogP contribution is -2.28. The maximum absolute atomic E-state index is 12.5. The van der Waals surface area contributed by atoms with Crippen molar-refractivity contribution < 1.29 is 23.0 Å². The second-order valence-electron chi connectivity index (χ2n) is 5.84. The van der Waals surface area contributed by atoms with Gasteiger partial charge < -0.3 is 14.8 Å². The summed E-state index contributed by atoms with van der Waals surface area (Å²) in [5.74, 6) is 0.278. The van der Waals surface area contributed by atoms with Crippen LogP contribution in [0.25, 0.3) is 0 Å². The molecule has 1 saturated carbocycles. The molecule has 1 fully saturated rings. The number of hydrogen-bond acceptors (Lipinski definition) is 3. The second-order valence-corrected chi connectivity index (χ2v) is 5.84. The molecule has 1 N–H and O–H groups in total. The minimum atomic E-state index is -2.91. The average molecular weight is 347 g/mol. The fraction of sp³-hybridized carbons (Fsp3) is 0.316. The zero-order chi connectivity index (χ0) is 17.6. The van der Waals surface area contributed by atoms with Gasteiger partial charge in [-0.3, -0.25) is 4.79 Å². The monoisotopic (exact) mass is 347 g/mol. The fourth-order valence-corrected chi connectivity index (χ4v) is 2.56. The maximum atomic E-state index is 12.5. The van der Waals surface area contributed by atoms with E-state index >= 15 is 0 Å². The Morgan fingerprint density at radius 3 is 2.44 bits per heavy atom. The number of ether oxygens (including phenoxy) is 2. The van der Waals surface area contributed by atoms with Crippen molar-refractivity contribution in [3.8, 4) is 11.5 Å². The molecule has 0 spiro atoms. The summed E-state index contributed by atoms with van der Waals surface area (Å²) < 4.78 is 35.2. The highest BCUT2D eigenvalue weighted by molar-refractivity contribution is 5.96. The predicted molar refractivity (Wildman–Crippen MR) is 89.0 cm³/mol. The minimum absolute atomic E-state index is 0.0526. The molecule has 2 aromatic rings. The average Bonchev–Trinajstić information content (AvgIpc) is 2.57. The quantitative estimate of drug-likeness (QED) is 0.818. The molecular weight excluding hydrogens is 328 g/mol. The lowest BCUT2D eigenvalue weighted by Gasteiger charge is -2.27. The summed E-state index contributed by atoms with van der Waals surface area (Å²) in [6, 6.07) is 13.4. The molecule has 132 valence electrons. The van der Waals surface area contributed by atoms with Gasteiger partial charge in [0, 0.05) is 12.1 Å². The summed E-state index contributed by atoms with van der Waals surface area (Å²) in [6.07, 6.45) is 3.29. The van der Waals surface area contributed by atoms with Crippen molar-refractivity contribution in [1.29, 1.82) is 0 Å². The minimum Gasteiger partial charge on any atom is -0.490 e. The summed E-state index contributed by atoms with van der Waals surface area (Å²) in [4.78, 5) is 12.5. The van der Waals surface area contributed by atoms with Crippen molar-refractivity contribution >= 4 is 5.91 Å². The molecule has 0 aromatic heterocycles. The lowest BCUT2D eigenvalue weighted by atomic mass is 9.96. The number of benzene rings is 2. The standard InChI is InChI=1S/C19H19F2NO3/c20-19(21)25-16-10-3-1-6-13(16)12-22-18(23)15-9-2-4-11-17(15)24-14-7-5-8-14/h1-4,6,9-11,14,19H,5,7-8,12H2,(H,22,23). The van der Waals surface area contributed by atoms with E-state index in [0.29, 0.717) is 16.9 Å². The second kappa shape index (κ2) is 7.96. The number of hydrogen-bond donors (Lipinski definition) is 1. The zero-order valence-corrected chi connectivity index (χ0v) is 13.6. The third-order valence-electron chi connectivity index (χ3n) is 4.11. The Labute approximate surface area is 144 Å². The largest absolute Gasteiger partial charge is 0.490 e. The Hall–Kier alpha value is -2.63. The number of halogens is 2. The van der Waals surface area contributed by atoms with Gasteiger partial charge in [0.15, 0.2) is 0 Å². The number of para-hydroxylation sites is 2. The van der Waals surface area contributed by atoms with E-state index in [9.17, 15) is 13.6 Å². The number of carbonyl (C=O) groups excluding carboxylic acids is 1. The SMILES string of the molecule is O=C(NCc1ccccc1OC(F)F)c1ccccc1OC1CCC1. The summed E-state index contributed by atoms with van der Waals surface area (Å²) in [5, 5.41) is 2.73. The Morgan fingerprint density at radius 1 is 1.08 bits per heavy atom. The van der Waals surface area contributed by atoms with Crippen molar-refractivity contribution in [2.45, 2.75) is 38.5 Å². The van der Waals surface area contributed by atoms with E-state index in [1.165, 1.54) is 6.07 Å². The van der Waals surface area contributed by atoms with Gasteiger partial charge in [-0.2, -0.15) is 8.78 Å². The smallest absolute Gasteiger partial charge is 0.387 e. The molecule has 1 aliphatic rings. The van der Waals surface area contributed by atoms with Gasteiger partial charge in [-0.25, -0.2) is 0 Å². The predicted octanol–water partition coefficient (Wildman–Crippen LogP) is 4.15. The summed E-state index contributed by atoms with van der Waals surface area (Å²) in [7, 11) is 0. The number of amides is 1. The Kier molecular flexibility index (Phi) is 5.48. The maximum Gasteiger partial charge on any atom is 0.387 e. The van der Waals surface area contributed by atoms with E-state index in [4.69, 9.17) is 4.74 Å². The zero-order valence-electron chi connectivity index (χ0n) is 13.6. The molecule has 2 aromatic carbocycles. The van der Waals surface area contributed by atoms with Gasteiger partial charge in [-0.05, 0) is 37.5 Å². The molecule has 1 aliphatic carbocycles. The van der Waals surface area contributed by atoms with Crippen LogP contribution in [0.15, 0.2) is 48.5 Å². The molecule has 0 saturated heterocycles. The highest BCUT2D eigenvalue weighted by Crippen LogP contribution is 2.27. The highest BCUT2D eigenvalue weighted by atomic mass is 19.3. The van der Waals surface area contributed by atoms with Gasteiger partial charge in [-0.1, -0.05) is 30.3 Å². The van der Waals surface area contributed by atoms with Crippen LogP contribution in [0.2, 0.25) is 0 Å². The highest BCUT2D eigenvalue weighted by Gasteiger charge is 2.22. The summed E-state index contributed by atoms with van der Waals surface area (Å²) in [5.41, 5.74) is 0.912. The van der Waals surface area contributed by atoms with Gasteiger partial charge in [0.1, 0.15) is 11.5 Å². The van der Waals surface area contributed by atoms with Crippen molar-refractivity contribution in [2.75, 3.05) is 0 Å². The molecular formula is C19H19F2NO3. The molecule has 3 rings (SSSR count). The molecule has 4 nitrogen and oxygen atoms in total. The first-order valence-electron chi connectivity index (χ1n) is 8.20. The molecule has 1 amide bonds. The van der Waals surface area contributed by atoms with Crippen LogP contribution in [-0.4, -0.2) is 18.6 Å². The number of alkyl halides is 2. The Morgan fingerprint density at radius 2 is 1.76 bits per heavy atom. The van der Waals surface area contributed by atoms with E-state index in [-0.39, 0.29) is 24.3 Å². The van der Waals surface area contributed by atoms with Crippen molar-refractivity contribution in [3.05, 3.63) is 59.7 Å². The number of rotatable bonds is 7. The van der Waals surface area contributed by atoms with E-state index in [1.54, 1.807) is 36.4 Å². The van der Waals surface area contributed by atoms with Crippen LogP contribution < -0.4 is 14.8 Å². The number of nitrogens with one attached hydrogen (secondary N) is 1. The van der Waals surface area contributed by atoms with Crippen LogP contribution in [0.5, 0.6) is 11.5 Å². The fourth-order valence-electron chi connectivity index (χ4n) is 2.56. The molecule has 0 aliphatic heterocycles. The van der Waals surface area contributed by atoms with Crippen LogP contribution in [0.3, 0.4) is 0 Å². The van der Waals surface area contributed by atoms with Crippen LogP contribution in [-0.2, 0) is 6.54 Å². The first-order valence-corrected chi connectivity index (χ1v) is 8.20. The van der Waals surface area contributed by atoms with Gasteiger partial charge in [0.25, 0.3) is 5.91 Å². The Balaban J connectivity index is 1.67. The van der Waals surface area contributed by atoms with Crippen LogP contribution in [0, 0.1) is 0 Å². The lowest BCUT2D eigenvalue weighted by molar-refractivity contribution is -0.0504. The molecule has 0 atom stereocenters. The molecule has 0 heterocycles. The molecule has 25 heavy (non-hydrogen) atoms. The third-order valence-corrected chi connectivity index (χ3v) is 4.11. The van der Waals surface area contributed by atoms with E-state index in [2.05, 4.69) is 10.1 Å². The van der Waals surface area contributed by atoms with Crippen molar-refractivity contribution in [3.63, 3.8) is 0 Å². The van der Waals surface area contributed by atoms with Gasteiger partial charge >= 0.3 is 6.61 Å². The number of carbonyl (C=O) groups is 1. The molecule has 0 unspecified atom stereocenters. The summed E-state index contributed by atoms with van der Waals surface area (Å²) in [6.45, 7) is -2.83. The van der Waals surface area contributed by atoms with Crippen molar-refractivity contribution in [2.24, 2.45) is 0 Å². The molecule has 6 heteroatoms. The van der Waals surface area contributed by atoms with E-state index in [0.717, 1.165) is 19.3 Å². The molecule has 0 radical (unpaired) electrons. The van der Waals surface area contributed by atoms with E-state index in [1.807, 2.05) is 6.07 Å². The van der Waals surface area contributed by atoms with Gasteiger partial charge in [-0.15, -0.1) is 0 Å². The van der Waals surface area contributed by atoms with Crippen molar-refractivity contribution in [1.82, 2.24) is 5.32 Å². The summed E-state index contributed by atoms with van der Waals surface area (Å²) >= 11 is 0. The Bertz CT molecular complexity index is 732. The van der Waals surface area contributed by atoms with Gasteiger partial charge in [0.05, 0.1) is 11.7 Å². The van der Waals surface area contributed by atoms with Crippen LogP contribution in [0.4, 0.5) is 8.78 Å². The van der Waals surface area contributed by atoms with Crippen LogP contribution >= 0.6 is 0 Å². The third kappa shape index (κ3) is 4.47. The first-order chi connectivity index (χ1) is 12.1. The van der Waals surface area contributed by atoms with E-state index < -0.39 is 6.61 Å². The normalized spacial score (nSPS) is 14.0. The van der Waals surface area contributed by atoms with Gasteiger partial charge in [0.2, 0.25) is 0 Å². The van der Waals surface area contributed by atoms with Crippen LogP contribution in [0.1, 0.15) is 35.2 Å². The molecule has 0 bridgehead atoms. The first kappa shape index (κ1) is 17.2.